The van der Waals surface area contributed by atoms with Crippen molar-refractivity contribution in [2.24, 2.45) is 5.41 Å². The van der Waals surface area contributed by atoms with Crippen LogP contribution in [0.15, 0.2) is 30.6 Å². The molecule has 0 bridgehead atoms. The number of hydrogen-bond acceptors (Lipinski definition) is 4. The molecule has 0 saturated heterocycles. The fourth-order valence-electron chi connectivity index (χ4n) is 4.93. The lowest BCUT2D eigenvalue weighted by Gasteiger charge is -2.22. The van der Waals surface area contributed by atoms with E-state index < -0.39 is 0 Å². The van der Waals surface area contributed by atoms with Gasteiger partial charge in [0.05, 0.1) is 31.1 Å². The van der Waals surface area contributed by atoms with E-state index in [0.717, 1.165) is 17.5 Å². The van der Waals surface area contributed by atoms with Gasteiger partial charge in [0.15, 0.2) is 0 Å². The number of ether oxygens (including phenoxy) is 2. The summed E-state index contributed by atoms with van der Waals surface area (Å²) in [5.41, 5.74) is 9.18. The lowest BCUT2D eigenvalue weighted by molar-refractivity contribution is 0.0659. The summed E-state index contributed by atoms with van der Waals surface area (Å²) in [6, 6.07) is 6.14. The summed E-state index contributed by atoms with van der Waals surface area (Å²) in [7, 11) is 3.48. The van der Waals surface area contributed by atoms with E-state index in [1.165, 1.54) is 32.1 Å². The Morgan fingerprint density at radius 1 is 1.20 bits per heavy atom. The number of benzene rings is 1. The minimum absolute atomic E-state index is 0.244. The maximum Gasteiger partial charge on any atom is 0.149 e. The predicted molar refractivity (Wildman–Crippen MR) is 98.6 cm³/mol. The molecule has 5 heteroatoms. The van der Waals surface area contributed by atoms with Crippen molar-refractivity contribution >= 4 is 5.69 Å². The predicted octanol–water partition coefficient (Wildman–Crippen LogP) is 4.05. The van der Waals surface area contributed by atoms with Gasteiger partial charge in [-0.3, -0.25) is 4.68 Å². The van der Waals surface area contributed by atoms with Gasteiger partial charge < -0.3 is 15.2 Å². The summed E-state index contributed by atoms with van der Waals surface area (Å²) in [5.74, 6) is 0.712. The highest BCUT2D eigenvalue weighted by atomic mass is 16.5. The van der Waals surface area contributed by atoms with Gasteiger partial charge in [-0.05, 0) is 37.2 Å². The van der Waals surface area contributed by atoms with Crippen molar-refractivity contribution in [3.05, 3.63) is 30.6 Å². The Balaban J connectivity index is 1.64. The molecule has 2 fully saturated rings. The van der Waals surface area contributed by atoms with Crippen molar-refractivity contribution < 1.29 is 9.47 Å². The largest absolute Gasteiger partial charge is 0.494 e. The Morgan fingerprint density at radius 2 is 2.00 bits per heavy atom. The Hall–Kier alpha value is -2.01. The van der Waals surface area contributed by atoms with Crippen LogP contribution in [0, 0.1) is 5.41 Å². The second-order valence-electron chi connectivity index (χ2n) is 7.59. The summed E-state index contributed by atoms with van der Waals surface area (Å²) < 4.78 is 13.4. The molecule has 1 spiro atoms. The third-order valence-electron chi connectivity index (χ3n) is 6.17. The van der Waals surface area contributed by atoms with E-state index in [-0.39, 0.29) is 6.10 Å². The molecule has 4 rings (SSSR count). The molecular formula is C20H27N3O2. The monoisotopic (exact) mass is 341 g/mol. The maximum absolute atomic E-state index is 6.05. The molecule has 2 saturated carbocycles. The minimum Gasteiger partial charge on any atom is -0.494 e. The van der Waals surface area contributed by atoms with Crippen molar-refractivity contribution in [3.63, 3.8) is 0 Å². The van der Waals surface area contributed by atoms with Crippen LogP contribution in [-0.4, -0.2) is 30.1 Å². The summed E-state index contributed by atoms with van der Waals surface area (Å²) in [6.07, 6.45) is 12.0. The normalized spacial score (nSPS) is 24.9. The van der Waals surface area contributed by atoms with Crippen LogP contribution in [0.1, 0.15) is 44.6 Å². The Kier molecular flexibility index (Phi) is 4.20. The number of nitrogen functional groups attached to an aromatic ring is 1. The molecule has 0 radical (unpaired) electrons. The number of aromatic nitrogens is 2. The molecule has 2 aromatic rings. The standard InChI is InChI=1S/C20H27N3O2/c1-24-18-11-20(8-3-4-9-20)10-17(18)23-13-14(12-22-23)15-6-5-7-16(21)19(15)25-2/h5-7,12-13,17-18H,3-4,8-11,21H2,1-2H3/t17-,18-/m1/s1. The van der Waals surface area contributed by atoms with Crippen LogP contribution in [0.3, 0.4) is 0 Å². The number of nitrogens with zero attached hydrogens (tertiary/aromatic N) is 2. The maximum atomic E-state index is 6.05. The number of para-hydroxylation sites is 1. The summed E-state index contributed by atoms with van der Waals surface area (Å²) in [5, 5.41) is 4.67. The zero-order valence-corrected chi connectivity index (χ0v) is 15.1. The van der Waals surface area contributed by atoms with Crippen molar-refractivity contribution in [2.45, 2.75) is 50.7 Å². The van der Waals surface area contributed by atoms with Crippen LogP contribution in [0.25, 0.3) is 11.1 Å². The van der Waals surface area contributed by atoms with E-state index in [4.69, 9.17) is 15.2 Å². The van der Waals surface area contributed by atoms with Crippen molar-refractivity contribution in [2.75, 3.05) is 20.0 Å². The van der Waals surface area contributed by atoms with Crippen LogP contribution in [-0.2, 0) is 4.74 Å². The molecule has 5 nitrogen and oxygen atoms in total. The zero-order valence-electron chi connectivity index (χ0n) is 15.1. The fourth-order valence-corrected chi connectivity index (χ4v) is 4.93. The molecule has 1 heterocycles. The van der Waals surface area contributed by atoms with Crippen molar-refractivity contribution in [1.82, 2.24) is 9.78 Å². The number of hydrogen-bond donors (Lipinski definition) is 1. The van der Waals surface area contributed by atoms with E-state index in [9.17, 15) is 0 Å². The first-order chi connectivity index (χ1) is 12.2. The van der Waals surface area contributed by atoms with Gasteiger partial charge in [0.25, 0.3) is 0 Å². The smallest absolute Gasteiger partial charge is 0.149 e. The van der Waals surface area contributed by atoms with E-state index in [1.54, 1.807) is 7.11 Å². The molecule has 134 valence electrons. The van der Waals surface area contributed by atoms with Crippen LogP contribution in [0.5, 0.6) is 5.75 Å². The van der Waals surface area contributed by atoms with Crippen molar-refractivity contribution in [3.8, 4) is 16.9 Å². The minimum atomic E-state index is 0.244. The molecule has 0 aliphatic heterocycles. The highest BCUT2D eigenvalue weighted by Gasteiger charge is 2.47. The lowest BCUT2D eigenvalue weighted by atomic mass is 9.84. The molecule has 25 heavy (non-hydrogen) atoms. The molecule has 1 aromatic heterocycles. The number of methoxy groups -OCH3 is 2. The van der Waals surface area contributed by atoms with Gasteiger partial charge in [-0.1, -0.05) is 25.0 Å². The Bertz CT molecular complexity index is 749. The number of anilines is 1. The summed E-state index contributed by atoms with van der Waals surface area (Å²) in [4.78, 5) is 0. The van der Waals surface area contributed by atoms with Gasteiger partial charge in [0.1, 0.15) is 5.75 Å². The van der Waals surface area contributed by atoms with Crippen LogP contribution in [0.4, 0.5) is 5.69 Å². The van der Waals surface area contributed by atoms with E-state index >= 15 is 0 Å². The molecule has 0 amide bonds. The molecule has 0 unspecified atom stereocenters. The first kappa shape index (κ1) is 16.5. The van der Waals surface area contributed by atoms with Crippen LogP contribution in [0.2, 0.25) is 0 Å². The third kappa shape index (κ3) is 2.80. The lowest BCUT2D eigenvalue weighted by Crippen LogP contribution is -2.20. The van der Waals surface area contributed by atoms with Crippen LogP contribution >= 0.6 is 0 Å². The first-order valence-corrected chi connectivity index (χ1v) is 9.16. The fraction of sp³-hybridized carbons (Fsp3) is 0.550. The van der Waals surface area contributed by atoms with Crippen molar-refractivity contribution in [1.29, 1.82) is 0 Å². The SMILES string of the molecule is COc1c(N)cccc1-c1cnn([C@@H]2CC3(CCCC3)C[C@H]2OC)c1. The van der Waals surface area contributed by atoms with Gasteiger partial charge in [-0.15, -0.1) is 0 Å². The van der Waals surface area contributed by atoms with Gasteiger partial charge in [0, 0.05) is 24.4 Å². The average Bonchev–Trinajstić information content (AvgIpc) is 3.35. The topological polar surface area (TPSA) is 62.3 Å². The number of nitrogens with two attached hydrogens (primary N) is 1. The van der Waals surface area contributed by atoms with Gasteiger partial charge in [-0.25, -0.2) is 0 Å². The first-order valence-electron chi connectivity index (χ1n) is 9.16. The molecule has 2 atom stereocenters. The Morgan fingerprint density at radius 3 is 2.72 bits per heavy atom. The van der Waals surface area contributed by atoms with E-state index in [2.05, 4.69) is 16.0 Å². The molecule has 2 N–H and O–H groups in total. The second-order valence-corrected chi connectivity index (χ2v) is 7.59. The zero-order chi connectivity index (χ0) is 17.4. The summed E-state index contributed by atoms with van der Waals surface area (Å²) in [6.45, 7) is 0. The molecular weight excluding hydrogens is 314 g/mol. The second kappa shape index (κ2) is 6.37. The number of rotatable bonds is 4. The highest BCUT2D eigenvalue weighted by molar-refractivity contribution is 5.76. The van der Waals surface area contributed by atoms with Gasteiger partial charge in [-0.2, -0.15) is 5.10 Å². The van der Waals surface area contributed by atoms with E-state index in [0.29, 0.717) is 22.9 Å². The Labute approximate surface area is 149 Å². The molecule has 2 aliphatic carbocycles. The molecule has 1 aromatic carbocycles. The van der Waals surface area contributed by atoms with E-state index in [1.807, 2.05) is 31.5 Å². The average molecular weight is 341 g/mol. The van der Waals surface area contributed by atoms with Crippen LogP contribution < -0.4 is 10.5 Å². The van der Waals surface area contributed by atoms with Gasteiger partial charge in [0.2, 0.25) is 0 Å². The highest BCUT2D eigenvalue weighted by Crippen LogP contribution is 2.54. The molecule has 2 aliphatic rings. The third-order valence-corrected chi connectivity index (χ3v) is 6.17. The van der Waals surface area contributed by atoms with Gasteiger partial charge >= 0.3 is 0 Å². The summed E-state index contributed by atoms with van der Waals surface area (Å²) >= 11 is 0. The quantitative estimate of drug-likeness (QED) is 0.852.